The lowest BCUT2D eigenvalue weighted by Gasteiger charge is -2.04. The van der Waals surface area contributed by atoms with Gasteiger partial charge in [0.2, 0.25) is 0 Å². The van der Waals surface area contributed by atoms with E-state index in [0.717, 1.165) is 16.2 Å². The minimum Gasteiger partial charge on any atom is -0.198 e. The van der Waals surface area contributed by atoms with Gasteiger partial charge in [0.05, 0.1) is 12.0 Å². The van der Waals surface area contributed by atoms with E-state index in [1.54, 1.807) is 0 Å². The van der Waals surface area contributed by atoms with Gasteiger partial charge in [0.1, 0.15) is 0 Å². The van der Waals surface area contributed by atoms with Crippen molar-refractivity contribution in [3.63, 3.8) is 0 Å². The number of rotatable bonds is 3. The Morgan fingerprint density at radius 2 is 2.23 bits per heavy atom. The molecule has 0 N–H and O–H groups in total. The molecular formula is C10H9Br2N. The second kappa shape index (κ2) is 5.41. The molecule has 1 aromatic rings. The van der Waals surface area contributed by atoms with Gasteiger partial charge < -0.3 is 0 Å². The summed E-state index contributed by atoms with van der Waals surface area (Å²) in [6.45, 7) is 0. The summed E-state index contributed by atoms with van der Waals surface area (Å²) in [5.74, 6) is 0.0642. The van der Waals surface area contributed by atoms with E-state index in [1.807, 2.05) is 24.3 Å². The molecule has 1 rings (SSSR count). The Bertz CT molecular complexity index is 317. The van der Waals surface area contributed by atoms with Crippen molar-refractivity contribution in [3.05, 3.63) is 34.3 Å². The van der Waals surface area contributed by atoms with Gasteiger partial charge in [-0.2, -0.15) is 5.26 Å². The predicted octanol–water partition coefficient (Wildman–Crippen LogP) is 3.53. The molecule has 0 aliphatic heterocycles. The summed E-state index contributed by atoms with van der Waals surface area (Å²) in [5, 5.41) is 9.50. The van der Waals surface area contributed by atoms with Crippen LogP contribution in [0.1, 0.15) is 5.56 Å². The molecular weight excluding hydrogens is 294 g/mol. The Hall–Kier alpha value is -0.330. The highest BCUT2D eigenvalue weighted by Crippen LogP contribution is 2.15. The van der Waals surface area contributed by atoms with Gasteiger partial charge in [0.15, 0.2) is 0 Å². The van der Waals surface area contributed by atoms with Crippen LogP contribution in [0.4, 0.5) is 0 Å². The monoisotopic (exact) mass is 301 g/mol. The number of nitrogens with zero attached hydrogens (tertiary/aromatic N) is 1. The third-order valence-corrected chi connectivity index (χ3v) is 3.01. The first-order valence-electron chi connectivity index (χ1n) is 3.96. The fraction of sp³-hybridized carbons (Fsp3) is 0.300. The first-order valence-corrected chi connectivity index (χ1v) is 5.87. The van der Waals surface area contributed by atoms with Crippen LogP contribution in [0.25, 0.3) is 0 Å². The fourth-order valence-corrected chi connectivity index (χ4v) is 1.90. The van der Waals surface area contributed by atoms with Gasteiger partial charge in [-0.3, -0.25) is 0 Å². The summed E-state index contributed by atoms with van der Waals surface area (Å²) in [6, 6.07) is 10.3. The lowest BCUT2D eigenvalue weighted by molar-refractivity contribution is 0.756. The van der Waals surface area contributed by atoms with E-state index in [2.05, 4.69) is 37.9 Å². The van der Waals surface area contributed by atoms with Crippen LogP contribution in [0.2, 0.25) is 0 Å². The molecule has 1 nitrogen and oxygen atoms in total. The molecule has 1 atom stereocenters. The zero-order chi connectivity index (χ0) is 9.68. The molecule has 0 aliphatic rings. The molecule has 0 amide bonds. The lowest BCUT2D eigenvalue weighted by Crippen LogP contribution is -2.02. The number of alkyl halides is 1. The van der Waals surface area contributed by atoms with Crippen molar-refractivity contribution in [2.24, 2.45) is 5.92 Å². The quantitative estimate of drug-likeness (QED) is 0.784. The highest BCUT2D eigenvalue weighted by atomic mass is 79.9. The Kier molecular flexibility index (Phi) is 4.47. The Balaban J connectivity index is 2.69. The minimum atomic E-state index is 0.0642. The van der Waals surface area contributed by atoms with Crippen molar-refractivity contribution in [3.8, 4) is 6.07 Å². The molecule has 13 heavy (non-hydrogen) atoms. The van der Waals surface area contributed by atoms with E-state index in [9.17, 15) is 0 Å². The standard InChI is InChI=1S/C10H9Br2N/c11-6-9(7-13)4-8-2-1-3-10(12)5-8/h1-3,5,9H,4,6H2. The lowest BCUT2D eigenvalue weighted by atomic mass is 10.0. The molecule has 0 radical (unpaired) electrons. The van der Waals surface area contributed by atoms with Crippen LogP contribution in [0.5, 0.6) is 0 Å². The van der Waals surface area contributed by atoms with Gasteiger partial charge in [-0.1, -0.05) is 44.0 Å². The summed E-state index contributed by atoms with van der Waals surface area (Å²) < 4.78 is 1.07. The van der Waals surface area contributed by atoms with Gasteiger partial charge >= 0.3 is 0 Å². The highest BCUT2D eigenvalue weighted by molar-refractivity contribution is 9.10. The Morgan fingerprint density at radius 1 is 1.46 bits per heavy atom. The molecule has 0 saturated heterocycles. The zero-order valence-corrected chi connectivity index (χ0v) is 10.2. The smallest absolute Gasteiger partial charge is 0.0668 e. The zero-order valence-electron chi connectivity index (χ0n) is 7.00. The Labute approximate surface area is 95.0 Å². The molecule has 0 fully saturated rings. The van der Waals surface area contributed by atoms with Crippen LogP contribution < -0.4 is 0 Å². The molecule has 0 aliphatic carbocycles. The largest absolute Gasteiger partial charge is 0.198 e. The van der Waals surface area contributed by atoms with Crippen molar-refractivity contribution in [1.82, 2.24) is 0 Å². The summed E-state index contributed by atoms with van der Waals surface area (Å²) in [4.78, 5) is 0. The van der Waals surface area contributed by atoms with Gasteiger partial charge in [0, 0.05) is 9.80 Å². The van der Waals surface area contributed by atoms with Crippen LogP contribution in [-0.2, 0) is 6.42 Å². The highest BCUT2D eigenvalue weighted by Gasteiger charge is 2.06. The molecule has 0 bridgehead atoms. The molecule has 0 heterocycles. The van der Waals surface area contributed by atoms with Crippen molar-refractivity contribution < 1.29 is 0 Å². The minimum absolute atomic E-state index is 0.0642. The number of halogens is 2. The Morgan fingerprint density at radius 3 is 2.77 bits per heavy atom. The number of hydrogen-bond acceptors (Lipinski definition) is 1. The number of benzene rings is 1. The topological polar surface area (TPSA) is 23.8 Å². The van der Waals surface area contributed by atoms with Crippen molar-refractivity contribution >= 4 is 31.9 Å². The van der Waals surface area contributed by atoms with E-state index in [-0.39, 0.29) is 5.92 Å². The summed E-state index contributed by atoms with van der Waals surface area (Å²) >= 11 is 6.72. The van der Waals surface area contributed by atoms with Crippen LogP contribution in [0.3, 0.4) is 0 Å². The van der Waals surface area contributed by atoms with E-state index in [4.69, 9.17) is 5.26 Å². The van der Waals surface area contributed by atoms with Crippen molar-refractivity contribution in [2.75, 3.05) is 5.33 Å². The first kappa shape index (κ1) is 10.7. The van der Waals surface area contributed by atoms with Gasteiger partial charge in [-0.25, -0.2) is 0 Å². The van der Waals surface area contributed by atoms with Crippen LogP contribution in [0, 0.1) is 17.2 Å². The van der Waals surface area contributed by atoms with Gasteiger partial charge in [0.25, 0.3) is 0 Å². The van der Waals surface area contributed by atoms with E-state index < -0.39 is 0 Å². The average molecular weight is 303 g/mol. The maximum Gasteiger partial charge on any atom is 0.0668 e. The summed E-state index contributed by atoms with van der Waals surface area (Å²) in [6.07, 6.45) is 0.807. The van der Waals surface area contributed by atoms with E-state index in [1.165, 1.54) is 5.56 Å². The number of hydrogen-bond donors (Lipinski definition) is 0. The van der Waals surface area contributed by atoms with Crippen molar-refractivity contribution in [2.45, 2.75) is 6.42 Å². The molecule has 68 valence electrons. The number of nitriles is 1. The molecule has 0 saturated carbocycles. The summed E-state index contributed by atoms with van der Waals surface area (Å²) in [7, 11) is 0. The second-order valence-corrected chi connectivity index (χ2v) is 4.38. The molecule has 1 aromatic carbocycles. The SMILES string of the molecule is N#CC(CBr)Cc1cccc(Br)c1. The fourth-order valence-electron chi connectivity index (χ4n) is 1.08. The molecule has 3 heteroatoms. The van der Waals surface area contributed by atoms with Crippen LogP contribution in [0.15, 0.2) is 28.7 Å². The third-order valence-electron chi connectivity index (χ3n) is 1.74. The van der Waals surface area contributed by atoms with E-state index in [0.29, 0.717) is 0 Å². The maximum atomic E-state index is 8.76. The maximum absolute atomic E-state index is 8.76. The third kappa shape index (κ3) is 3.50. The van der Waals surface area contributed by atoms with Gasteiger partial charge in [-0.05, 0) is 24.1 Å². The van der Waals surface area contributed by atoms with Crippen LogP contribution >= 0.6 is 31.9 Å². The first-order chi connectivity index (χ1) is 6.26. The molecule has 0 aromatic heterocycles. The normalized spacial score (nSPS) is 12.1. The van der Waals surface area contributed by atoms with E-state index >= 15 is 0 Å². The van der Waals surface area contributed by atoms with Crippen LogP contribution in [-0.4, -0.2) is 5.33 Å². The summed E-state index contributed by atoms with van der Waals surface area (Å²) in [5.41, 5.74) is 1.19. The molecule has 1 unspecified atom stereocenters. The average Bonchev–Trinajstić information content (AvgIpc) is 2.14. The van der Waals surface area contributed by atoms with Gasteiger partial charge in [-0.15, -0.1) is 0 Å². The van der Waals surface area contributed by atoms with Crippen molar-refractivity contribution in [1.29, 1.82) is 5.26 Å². The molecule has 0 spiro atoms. The predicted molar refractivity (Wildman–Crippen MR) is 60.7 cm³/mol. The second-order valence-electron chi connectivity index (χ2n) is 2.81.